The Labute approximate surface area is 205 Å². The van der Waals surface area contributed by atoms with E-state index >= 15 is 0 Å². The van der Waals surface area contributed by atoms with Gasteiger partial charge in [-0.2, -0.15) is 0 Å². The molecule has 0 N–H and O–H groups in total. The second kappa shape index (κ2) is 10.4. The first-order valence-corrected chi connectivity index (χ1v) is 11.2. The van der Waals surface area contributed by atoms with Gasteiger partial charge in [0.05, 0.1) is 10.0 Å². The fourth-order valence-corrected chi connectivity index (χ4v) is 3.79. The lowest BCUT2D eigenvalue weighted by Crippen LogP contribution is -2.16. The third-order valence-electron chi connectivity index (χ3n) is 5.12. The molecule has 0 aliphatic carbocycles. The van der Waals surface area contributed by atoms with Crippen molar-refractivity contribution in [1.29, 1.82) is 0 Å². The molecule has 4 aromatic carbocycles. The Hall–Kier alpha value is -3.15. The van der Waals surface area contributed by atoms with Gasteiger partial charge in [0, 0.05) is 0 Å². The molecule has 0 saturated heterocycles. The van der Waals surface area contributed by atoms with Crippen molar-refractivity contribution < 1.29 is 22.6 Å². The minimum absolute atomic E-state index is 0.306. The first-order valence-electron chi connectivity index (χ1n) is 10.4. The van der Waals surface area contributed by atoms with Gasteiger partial charge in [-0.05, 0) is 83.6 Å². The zero-order chi connectivity index (χ0) is 24.1. The Morgan fingerprint density at radius 2 is 1.29 bits per heavy atom. The van der Waals surface area contributed by atoms with Crippen LogP contribution in [0.25, 0.3) is 11.1 Å². The Morgan fingerprint density at radius 1 is 0.647 bits per heavy atom. The van der Waals surface area contributed by atoms with E-state index in [-0.39, 0.29) is 5.75 Å². The van der Waals surface area contributed by atoms with Crippen molar-refractivity contribution >= 4 is 23.2 Å². The van der Waals surface area contributed by atoms with Crippen LogP contribution in [-0.4, -0.2) is 6.36 Å². The quantitative estimate of drug-likeness (QED) is 0.250. The molecule has 0 atom stereocenters. The number of halogens is 5. The highest BCUT2D eigenvalue weighted by molar-refractivity contribution is 6.42. The SMILES string of the molecule is FC(F)(F)Oc1ccc(Oc2ccc(-c3ccc(Cl)c(Cl)c3)cc2CCc2ccccc2)cc1. The second-order valence-electron chi connectivity index (χ2n) is 7.56. The summed E-state index contributed by atoms with van der Waals surface area (Å²) in [6.45, 7) is 0. The zero-order valence-electron chi connectivity index (χ0n) is 17.8. The van der Waals surface area contributed by atoms with E-state index in [1.165, 1.54) is 29.8 Å². The summed E-state index contributed by atoms with van der Waals surface area (Å²) in [5.41, 5.74) is 3.99. The molecule has 0 bridgehead atoms. The number of rotatable bonds is 7. The van der Waals surface area contributed by atoms with Crippen molar-refractivity contribution in [1.82, 2.24) is 0 Å². The molecular formula is C27H19Cl2F3O2. The van der Waals surface area contributed by atoms with Crippen LogP contribution in [0, 0.1) is 0 Å². The van der Waals surface area contributed by atoms with Gasteiger partial charge in [-0.1, -0.05) is 65.7 Å². The van der Waals surface area contributed by atoms with Crippen LogP contribution in [0.4, 0.5) is 13.2 Å². The third kappa shape index (κ3) is 6.46. The lowest BCUT2D eigenvalue weighted by atomic mass is 9.98. The van der Waals surface area contributed by atoms with Gasteiger partial charge < -0.3 is 9.47 Å². The second-order valence-corrected chi connectivity index (χ2v) is 8.37. The predicted octanol–water partition coefficient (Wildman–Crippen LogP) is 9.14. The molecule has 0 radical (unpaired) electrons. The smallest absolute Gasteiger partial charge is 0.457 e. The molecule has 174 valence electrons. The maximum atomic E-state index is 12.4. The number of ether oxygens (including phenoxy) is 2. The van der Waals surface area contributed by atoms with Gasteiger partial charge in [0.1, 0.15) is 17.2 Å². The maximum absolute atomic E-state index is 12.4. The van der Waals surface area contributed by atoms with Crippen molar-refractivity contribution in [2.75, 3.05) is 0 Å². The molecule has 0 spiro atoms. The van der Waals surface area contributed by atoms with Crippen molar-refractivity contribution in [3.05, 3.63) is 112 Å². The normalized spacial score (nSPS) is 11.3. The first kappa shape index (κ1) is 24.0. The monoisotopic (exact) mass is 502 g/mol. The van der Waals surface area contributed by atoms with Crippen LogP contribution in [-0.2, 0) is 12.8 Å². The highest BCUT2D eigenvalue weighted by Gasteiger charge is 2.31. The van der Waals surface area contributed by atoms with Crippen molar-refractivity contribution in [3.63, 3.8) is 0 Å². The summed E-state index contributed by atoms with van der Waals surface area (Å²) >= 11 is 12.3. The number of hydrogen-bond donors (Lipinski definition) is 0. The highest BCUT2D eigenvalue weighted by Crippen LogP contribution is 2.34. The lowest BCUT2D eigenvalue weighted by molar-refractivity contribution is -0.274. The van der Waals surface area contributed by atoms with Gasteiger partial charge in [0.15, 0.2) is 0 Å². The van der Waals surface area contributed by atoms with Crippen LogP contribution in [0.5, 0.6) is 17.2 Å². The number of aryl methyl sites for hydroxylation is 2. The van der Waals surface area contributed by atoms with E-state index in [4.69, 9.17) is 27.9 Å². The third-order valence-corrected chi connectivity index (χ3v) is 5.86. The van der Waals surface area contributed by atoms with E-state index in [0.717, 1.165) is 23.1 Å². The first-order chi connectivity index (χ1) is 16.3. The van der Waals surface area contributed by atoms with Crippen LogP contribution in [0.2, 0.25) is 10.0 Å². The topological polar surface area (TPSA) is 18.5 Å². The van der Waals surface area contributed by atoms with Crippen LogP contribution in [0.3, 0.4) is 0 Å². The fraction of sp³-hybridized carbons (Fsp3) is 0.111. The summed E-state index contributed by atoms with van der Waals surface area (Å²) in [5, 5.41) is 0.944. The molecule has 0 heterocycles. The lowest BCUT2D eigenvalue weighted by Gasteiger charge is -2.15. The number of alkyl halides is 3. The van der Waals surface area contributed by atoms with Crippen molar-refractivity contribution in [2.45, 2.75) is 19.2 Å². The summed E-state index contributed by atoms with van der Waals surface area (Å²) in [4.78, 5) is 0. The van der Waals surface area contributed by atoms with E-state index < -0.39 is 6.36 Å². The Morgan fingerprint density at radius 3 is 1.97 bits per heavy atom. The van der Waals surface area contributed by atoms with E-state index in [2.05, 4.69) is 16.9 Å². The average molecular weight is 503 g/mol. The molecule has 0 aliphatic rings. The van der Waals surface area contributed by atoms with Crippen LogP contribution >= 0.6 is 23.2 Å². The van der Waals surface area contributed by atoms with Gasteiger partial charge in [-0.3, -0.25) is 0 Å². The van der Waals surface area contributed by atoms with Crippen LogP contribution in [0.1, 0.15) is 11.1 Å². The van der Waals surface area contributed by atoms with Gasteiger partial charge in [0.2, 0.25) is 0 Å². The fourth-order valence-electron chi connectivity index (χ4n) is 3.49. The molecule has 0 aliphatic heterocycles. The standard InChI is InChI=1S/C27H19Cl2F3O2/c28-24-14-8-20(17-25(24)29)19-9-15-26(21(16-19)7-6-18-4-2-1-3-5-18)33-22-10-12-23(13-11-22)34-27(30,31)32/h1-5,8-17H,6-7H2. The molecule has 0 fully saturated rings. The molecule has 0 unspecified atom stereocenters. The molecule has 34 heavy (non-hydrogen) atoms. The van der Waals surface area contributed by atoms with E-state index in [0.29, 0.717) is 28.0 Å². The van der Waals surface area contributed by atoms with Crippen LogP contribution < -0.4 is 9.47 Å². The molecule has 2 nitrogen and oxygen atoms in total. The molecule has 7 heteroatoms. The summed E-state index contributed by atoms with van der Waals surface area (Å²) in [5.74, 6) is 0.709. The average Bonchev–Trinajstić information content (AvgIpc) is 2.81. The summed E-state index contributed by atoms with van der Waals surface area (Å²) in [6.07, 6.45) is -3.25. The molecule has 0 amide bonds. The minimum Gasteiger partial charge on any atom is -0.457 e. The molecular weight excluding hydrogens is 484 g/mol. The zero-order valence-corrected chi connectivity index (χ0v) is 19.3. The van der Waals surface area contributed by atoms with E-state index in [1.54, 1.807) is 12.1 Å². The van der Waals surface area contributed by atoms with Gasteiger partial charge in [-0.15, -0.1) is 13.2 Å². The van der Waals surface area contributed by atoms with E-state index in [1.807, 2.05) is 42.5 Å². The summed E-state index contributed by atoms with van der Waals surface area (Å²) in [6, 6.07) is 26.6. The molecule has 0 saturated carbocycles. The predicted molar refractivity (Wildman–Crippen MR) is 129 cm³/mol. The van der Waals surface area contributed by atoms with Crippen molar-refractivity contribution in [3.8, 4) is 28.4 Å². The molecule has 0 aromatic heterocycles. The van der Waals surface area contributed by atoms with Gasteiger partial charge in [-0.25, -0.2) is 0 Å². The maximum Gasteiger partial charge on any atom is 0.573 e. The minimum atomic E-state index is -4.74. The largest absolute Gasteiger partial charge is 0.573 e. The number of benzene rings is 4. The summed E-state index contributed by atoms with van der Waals surface area (Å²) in [7, 11) is 0. The van der Waals surface area contributed by atoms with Crippen molar-refractivity contribution in [2.24, 2.45) is 0 Å². The van der Waals surface area contributed by atoms with Gasteiger partial charge >= 0.3 is 6.36 Å². The summed E-state index contributed by atoms with van der Waals surface area (Å²) < 4.78 is 47.2. The molecule has 4 rings (SSSR count). The highest BCUT2D eigenvalue weighted by atomic mass is 35.5. The number of hydrogen-bond acceptors (Lipinski definition) is 2. The van der Waals surface area contributed by atoms with E-state index in [9.17, 15) is 13.2 Å². The van der Waals surface area contributed by atoms with Gasteiger partial charge in [0.25, 0.3) is 0 Å². The van der Waals surface area contributed by atoms with Crippen LogP contribution in [0.15, 0.2) is 91.0 Å². The molecule has 4 aromatic rings. The Balaban J connectivity index is 1.61. The Bertz CT molecular complexity index is 1260. The Kier molecular flexibility index (Phi) is 7.35.